The van der Waals surface area contributed by atoms with Gasteiger partial charge in [-0.3, -0.25) is 0 Å². The monoisotopic (exact) mass is 220 g/mol. The fourth-order valence-corrected chi connectivity index (χ4v) is 1.18. The lowest BCUT2D eigenvalue weighted by molar-refractivity contribution is -0.518. The van der Waals surface area contributed by atoms with Gasteiger partial charge in [-0.05, 0) is 13.8 Å². The summed E-state index contributed by atoms with van der Waals surface area (Å²) in [5.41, 5.74) is 0.842. The molecular formula is C8H16N2O3S. The molecule has 0 spiro atoms. The minimum atomic E-state index is -4.05. The van der Waals surface area contributed by atoms with E-state index in [-0.39, 0.29) is 0 Å². The first kappa shape index (κ1) is 13.3. The highest BCUT2D eigenvalue weighted by Gasteiger charge is 1.88. The van der Waals surface area contributed by atoms with Gasteiger partial charge in [-0.15, -0.1) is 0 Å². The lowest BCUT2D eigenvalue weighted by Gasteiger charge is -2.01. The molecule has 5 nitrogen and oxygen atoms in total. The molecule has 82 valence electrons. The van der Waals surface area contributed by atoms with E-state index in [0.717, 1.165) is 18.7 Å². The topological polar surface area (TPSA) is 86.2 Å². The van der Waals surface area contributed by atoms with Crippen LogP contribution in [0.4, 0.5) is 0 Å². The van der Waals surface area contributed by atoms with Crippen molar-refractivity contribution in [2.45, 2.75) is 13.8 Å². The van der Waals surface area contributed by atoms with Crippen molar-refractivity contribution in [3.8, 4) is 0 Å². The molecule has 6 heteroatoms. The molecule has 1 aliphatic rings. The van der Waals surface area contributed by atoms with Crippen LogP contribution in [0.3, 0.4) is 0 Å². The number of hydrogen-bond acceptors (Lipinski definition) is 4. The summed E-state index contributed by atoms with van der Waals surface area (Å²) in [5, 5.41) is 2.07. The molecule has 0 aromatic rings. The molecule has 0 bridgehead atoms. The van der Waals surface area contributed by atoms with Gasteiger partial charge in [0.1, 0.15) is 6.54 Å². The van der Waals surface area contributed by atoms with Gasteiger partial charge in [0.05, 0.1) is 22.4 Å². The van der Waals surface area contributed by atoms with Gasteiger partial charge >= 0.3 is 0 Å². The van der Waals surface area contributed by atoms with E-state index >= 15 is 0 Å². The summed E-state index contributed by atoms with van der Waals surface area (Å²) in [6.45, 7) is 5.65. The molecule has 0 aliphatic carbocycles. The van der Waals surface area contributed by atoms with Crippen LogP contribution in [0.1, 0.15) is 13.8 Å². The molecule has 0 atom stereocenters. The first-order chi connectivity index (χ1) is 6.42. The molecule has 0 radical (unpaired) electrons. The summed E-state index contributed by atoms with van der Waals surface area (Å²) in [5.74, 6) is -0.394. The zero-order valence-electron chi connectivity index (χ0n) is 8.43. The van der Waals surface area contributed by atoms with Crippen molar-refractivity contribution < 1.29 is 18.3 Å². The number of rotatable bonds is 2. The smallest absolute Gasteiger partial charge is 0.182 e. The first-order valence-electron chi connectivity index (χ1n) is 4.30. The zero-order chi connectivity index (χ0) is 11.0. The number of hydrogen-bond donors (Lipinski definition) is 1. The van der Waals surface area contributed by atoms with E-state index in [1.807, 2.05) is 6.34 Å². The number of nitrogens with zero attached hydrogens (tertiary/aromatic N) is 1. The Morgan fingerprint density at radius 1 is 1.64 bits per heavy atom. The Balaban J connectivity index is 0.000000280. The lowest BCUT2D eigenvalue weighted by atomic mass is 10.3. The molecule has 2 N–H and O–H groups in total. The van der Waals surface area contributed by atoms with E-state index in [4.69, 9.17) is 0 Å². The van der Waals surface area contributed by atoms with Crippen LogP contribution < -0.4 is 5.32 Å². The van der Waals surface area contributed by atoms with Crippen molar-refractivity contribution in [1.82, 2.24) is 0 Å². The van der Waals surface area contributed by atoms with Crippen molar-refractivity contribution in [3.63, 3.8) is 0 Å². The Bertz CT molecular complexity index is 297. The molecule has 0 aromatic heterocycles. The molecule has 0 fully saturated rings. The minimum absolute atomic E-state index is 0.394. The van der Waals surface area contributed by atoms with Gasteiger partial charge in [0, 0.05) is 0 Å². The minimum Gasteiger partial charge on any atom is -0.748 e. The van der Waals surface area contributed by atoms with E-state index < -0.39 is 15.9 Å². The summed E-state index contributed by atoms with van der Waals surface area (Å²) < 4.78 is 29.8. The molecule has 0 saturated carbocycles. The second kappa shape index (κ2) is 6.69. The van der Waals surface area contributed by atoms with Crippen molar-refractivity contribution in [3.05, 3.63) is 11.6 Å². The third kappa shape index (κ3) is 11.3. The first-order valence-corrected chi connectivity index (χ1v) is 5.88. The summed E-state index contributed by atoms with van der Waals surface area (Å²) in [6.07, 6.45) is 3.25. The summed E-state index contributed by atoms with van der Waals surface area (Å²) in [7, 11) is -4.05. The highest BCUT2D eigenvalue weighted by Crippen LogP contribution is 1.90. The Morgan fingerprint density at radius 2 is 2.29 bits per heavy atom. The van der Waals surface area contributed by atoms with E-state index in [1.165, 1.54) is 6.08 Å². The van der Waals surface area contributed by atoms with E-state index in [1.54, 1.807) is 13.8 Å². The highest BCUT2D eigenvalue weighted by atomic mass is 32.2. The van der Waals surface area contributed by atoms with Crippen molar-refractivity contribution >= 4 is 16.5 Å². The van der Waals surface area contributed by atoms with E-state index in [9.17, 15) is 13.0 Å². The molecule has 1 heterocycles. The summed E-state index contributed by atoms with van der Waals surface area (Å²) in [4.78, 5) is 3.90. The SMILES string of the molecule is C1=NCC[NH2+]1.CC(C)=CCS(=O)(=O)[O-]. The summed E-state index contributed by atoms with van der Waals surface area (Å²) in [6, 6.07) is 0. The number of aliphatic imine (C=N–C) groups is 1. The number of quaternary nitrogens is 1. The molecule has 0 aromatic carbocycles. The van der Waals surface area contributed by atoms with Crippen molar-refractivity contribution in [2.75, 3.05) is 18.8 Å². The molecule has 1 rings (SSSR count). The second-order valence-corrected chi connectivity index (χ2v) is 4.53. The van der Waals surface area contributed by atoms with Crippen LogP contribution >= 0.6 is 0 Å². The van der Waals surface area contributed by atoms with E-state index in [0.29, 0.717) is 0 Å². The second-order valence-electron chi connectivity index (χ2n) is 3.09. The maximum Gasteiger partial charge on any atom is 0.182 e. The third-order valence-electron chi connectivity index (χ3n) is 1.33. The molecular weight excluding hydrogens is 204 g/mol. The largest absolute Gasteiger partial charge is 0.748 e. The van der Waals surface area contributed by atoms with Crippen molar-refractivity contribution in [2.24, 2.45) is 4.99 Å². The summed E-state index contributed by atoms with van der Waals surface area (Å²) >= 11 is 0. The Labute approximate surface area is 84.7 Å². The highest BCUT2D eigenvalue weighted by molar-refractivity contribution is 7.85. The van der Waals surface area contributed by atoms with E-state index in [2.05, 4.69) is 10.3 Å². The molecule has 1 aliphatic heterocycles. The normalized spacial score (nSPS) is 14.5. The van der Waals surface area contributed by atoms with Crippen LogP contribution in [0.2, 0.25) is 0 Å². The molecule has 0 saturated heterocycles. The predicted molar refractivity (Wildman–Crippen MR) is 54.1 cm³/mol. The van der Waals surface area contributed by atoms with Crippen molar-refractivity contribution in [1.29, 1.82) is 0 Å². The van der Waals surface area contributed by atoms with Crippen LogP contribution in [0.25, 0.3) is 0 Å². The van der Waals surface area contributed by atoms with Gasteiger partial charge in [0.15, 0.2) is 6.34 Å². The zero-order valence-corrected chi connectivity index (χ0v) is 9.25. The van der Waals surface area contributed by atoms with Gasteiger partial charge in [0.2, 0.25) is 0 Å². The average molecular weight is 220 g/mol. The van der Waals surface area contributed by atoms with Gasteiger partial charge < -0.3 is 9.87 Å². The van der Waals surface area contributed by atoms with Crippen LogP contribution in [0.5, 0.6) is 0 Å². The molecule has 0 amide bonds. The van der Waals surface area contributed by atoms with Gasteiger partial charge in [-0.1, -0.05) is 11.6 Å². The fourth-order valence-electron chi connectivity index (χ4n) is 0.641. The molecule has 0 unspecified atom stereocenters. The predicted octanol–water partition coefficient (Wildman–Crippen LogP) is -0.910. The van der Waals surface area contributed by atoms with Crippen LogP contribution in [0.15, 0.2) is 16.6 Å². The lowest BCUT2D eigenvalue weighted by Crippen LogP contribution is -2.80. The Hall–Kier alpha value is -0.720. The maximum absolute atomic E-state index is 9.94. The van der Waals surface area contributed by atoms with Gasteiger partial charge in [0.25, 0.3) is 0 Å². The number of allylic oxidation sites excluding steroid dienone is 1. The standard InChI is InChI=1S/C5H10O3S.C3H6N2/c1-5(2)3-4-9(6,7)8;1-2-5-3-4-1/h3H,4H2,1-2H3,(H,6,7,8);3H,1-2H2,(H,4,5). The Kier molecular flexibility index (Phi) is 6.35. The number of nitrogens with two attached hydrogens (primary N) is 1. The molecule has 14 heavy (non-hydrogen) atoms. The van der Waals surface area contributed by atoms with Crippen LogP contribution in [-0.4, -0.2) is 38.2 Å². The Morgan fingerprint density at radius 3 is 2.43 bits per heavy atom. The fraction of sp³-hybridized carbons (Fsp3) is 0.625. The van der Waals surface area contributed by atoms with Gasteiger partial charge in [-0.25, -0.2) is 13.4 Å². The van der Waals surface area contributed by atoms with Crippen LogP contribution in [-0.2, 0) is 10.1 Å². The third-order valence-corrected chi connectivity index (χ3v) is 1.91. The van der Waals surface area contributed by atoms with Gasteiger partial charge in [-0.2, -0.15) is 0 Å². The quantitative estimate of drug-likeness (QED) is 0.483. The average Bonchev–Trinajstić information content (AvgIpc) is 2.56. The van der Waals surface area contributed by atoms with Crippen LogP contribution in [0, 0.1) is 0 Å². The maximum atomic E-state index is 9.94.